The summed E-state index contributed by atoms with van der Waals surface area (Å²) in [7, 11) is 0. The number of hydrogen-bond acceptors (Lipinski definition) is 3. The Kier molecular flexibility index (Phi) is 7.13. The highest BCUT2D eigenvalue weighted by Crippen LogP contribution is 2.18. The van der Waals surface area contributed by atoms with Crippen LogP contribution in [-0.4, -0.2) is 36.5 Å². The van der Waals surface area contributed by atoms with Crippen LogP contribution >= 0.6 is 24.0 Å². The van der Waals surface area contributed by atoms with Crippen molar-refractivity contribution in [2.24, 2.45) is 5.73 Å². The Hall–Kier alpha value is -0.970. The third-order valence-corrected chi connectivity index (χ3v) is 3.65. The van der Waals surface area contributed by atoms with Crippen LogP contribution in [0.4, 0.5) is 0 Å². The zero-order valence-corrected chi connectivity index (χ0v) is 12.8. The van der Waals surface area contributed by atoms with Gasteiger partial charge in [-0.05, 0) is 43.5 Å². The summed E-state index contributed by atoms with van der Waals surface area (Å²) in [5.74, 6) is 0.657. The molecule has 20 heavy (non-hydrogen) atoms. The van der Waals surface area contributed by atoms with E-state index in [1.54, 1.807) is 24.3 Å². The summed E-state index contributed by atoms with van der Waals surface area (Å²) >= 11 is 5.79. The summed E-state index contributed by atoms with van der Waals surface area (Å²) in [5, 5.41) is 0.651. The molecule has 6 heteroatoms. The van der Waals surface area contributed by atoms with Crippen molar-refractivity contribution in [1.82, 2.24) is 4.90 Å². The minimum atomic E-state index is 0. The van der Waals surface area contributed by atoms with Gasteiger partial charge in [0.05, 0.1) is 0 Å². The molecule has 4 nitrogen and oxygen atoms in total. The molecule has 0 bridgehead atoms. The monoisotopic (exact) mass is 318 g/mol. The third kappa shape index (κ3) is 4.54. The van der Waals surface area contributed by atoms with Crippen molar-refractivity contribution >= 4 is 29.9 Å². The average Bonchev–Trinajstić information content (AvgIpc) is 2.46. The molecule has 1 fully saturated rings. The molecule has 1 aliphatic heterocycles. The predicted molar refractivity (Wildman–Crippen MR) is 82.6 cm³/mol. The van der Waals surface area contributed by atoms with Crippen molar-refractivity contribution in [3.63, 3.8) is 0 Å². The molecule has 1 unspecified atom stereocenters. The highest BCUT2D eigenvalue weighted by Gasteiger charge is 2.25. The van der Waals surface area contributed by atoms with Gasteiger partial charge in [0, 0.05) is 24.2 Å². The van der Waals surface area contributed by atoms with Crippen molar-refractivity contribution in [2.75, 3.05) is 19.7 Å². The number of likely N-dealkylation sites (tertiary alicyclic amines) is 1. The molecule has 0 aromatic heterocycles. The van der Waals surface area contributed by atoms with Gasteiger partial charge >= 0.3 is 0 Å². The quantitative estimate of drug-likeness (QED) is 0.927. The lowest BCUT2D eigenvalue weighted by Crippen LogP contribution is -2.49. The minimum Gasteiger partial charge on any atom is -0.484 e. The predicted octanol–water partition coefficient (Wildman–Crippen LogP) is 2.48. The van der Waals surface area contributed by atoms with Gasteiger partial charge in [-0.1, -0.05) is 11.6 Å². The summed E-state index contributed by atoms with van der Waals surface area (Å²) in [4.78, 5) is 14.0. The zero-order chi connectivity index (χ0) is 13.7. The van der Waals surface area contributed by atoms with E-state index in [9.17, 15) is 4.79 Å². The van der Waals surface area contributed by atoms with Crippen molar-refractivity contribution in [2.45, 2.75) is 25.3 Å². The number of piperidine rings is 1. The number of benzene rings is 1. The fourth-order valence-electron chi connectivity index (χ4n) is 2.33. The number of carbonyl (C=O) groups is 1. The molecule has 0 aliphatic carbocycles. The number of carbonyl (C=O) groups excluding carboxylic acids is 1. The van der Waals surface area contributed by atoms with E-state index in [2.05, 4.69) is 0 Å². The standard InChI is InChI=1S/C14H19ClN2O2.ClH/c15-11-4-6-13(7-5-11)19-10-14(18)17-8-2-1-3-12(17)9-16;/h4-7,12H,1-3,8-10,16H2;1H. The molecule has 1 aromatic carbocycles. The van der Waals surface area contributed by atoms with Gasteiger partial charge in [0.15, 0.2) is 6.61 Å². The Morgan fingerprint density at radius 3 is 2.70 bits per heavy atom. The molecule has 1 saturated heterocycles. The van der Waals surface area contributed by atoms with Crippen LogP contribution in [0.5, 0.6) is 5.75 Å². The van der Waals surface area contributed by atoms with E-state index >= 15 is 0 Å². The van der Waals surface area contributed by atoms with Crippen LogP contribution in [0, 0.1) is 0 Å². The topological polar surface area (TPSA) is 55.6 Å². The highest BCUT2D eigenvalue weighted by molar-refractivity contribution is 6.30. The molecule has 1 heterocycles. The Balaban J connectivity index is 0.00000200. The SMILES string of the molecule is Cl.NCC1CCCCN1C(=O)COc1ccc(Cl)cc1. The maximum atomic E-state index is 12.1. The molecule has 1 amide bonds. The lowest BCUT2D eigenvalue weighted by atomic mass is 10.0. The lowest BCUT2D eigenvalue weighted by Gasteiger charge is -2.34. The molecular formula is C14H20Cl2N2O2. The maximum Gasteiger partial charge on any atom is 0.260 e. The first kappa shape index (κ1) is 17.1. The van der Waals surface area contributed by atoms with Gasteiger partial charge in [-0.2, -0.15) is 0 Å². The van der Waals surface area contributed by atoms with Crippen LogP contribution in [0.1, 0.15) is 19.3 Å². The van der Waals surface area contributed by atoms with Crippen LogP contribution < -0.4 is 10.5 Å². The van der Waals surface area contributed by atoms with Crippen LogP contribution in [0.2, 0.25) is 5.02 Å². The normalized spacial score (nSPS) is 18.3. The number of hydrogen-bond donors (Lipinski definition) is 1. The lowest BCUT2D eigenvalue weighted by molar-refractivity contribution is -0.136. The van der Waals surface area contributed by atoms with E-state index in [4.69, 9.17) is 22.1 Å². The summed E-state index contributed by atoms with van der Waals surface area (Å²) in [6.07, 6.45) is 3.18. The fourth-order valence-corrected chi connectivity index (χ4v) is 2.46. The largest absolute Gasteiger partial charge is 0.484 e. The first-order valence-electron chi connectivity index (χ1n) is 6.58. The second-order valence-corrected chi connectivity index (χ2v) is 5.15. The fraction of sp³-hybridized carbons (Fsp3) is 0.500. The zero-order valence-electron chi connectivity index (χ0n) is 11.3. The first-order valence-corrected chi connectivity index (χ1v) is 6.96. The number of ether oxygens (including phenoxy) is 1. The molecule has 2 rings (SSSR count). The number of amides is 1. The van der Waals surface area contributed by atoms with Gasteiger partial charge < -0.3 is 15.4 Å². The molecule has 0 radical (unpaired) electrons. The van der Waals surface area contributed by atoms with E-state index in [0.29, 0.717) is 17.3 Å². The van der Waals surface area contributed by atoms with Crippen molar-refractivity contribution in [1.29, 1.82) is 0 Å². The van der Waals surface area contributed by atoms with Crippen LogP contribution in [-0.2, 0) is 4.79 Å². The second kappa shape index (κ2) is 8.35. The van der Waals surface area contributed by atoms with Crippen LogP contribution in [0.25, 0.3) is 0 Å². The van der Waals surface area contributed by atoms with E-state index < -0.39 is 0 Å². The van der Waals surface area contributed by atoms with Crippen molar-refractivity contribution < 1.29 is 9.53 Å². The number of halogens is 2. The van der Waals surface area contributed by atoms with Crippen molar-refractivity contribution in [3.05, 3.63) is 29.3 Å². The van der Waals surface area contributed by atoms with Gasteiger partial charge in [0.1, 0.15) is 5.75 Å². The van der Waals surface area contributed by atoms with E-state index in [1.807, 2.05) is 4.90 Å². The summed E-state index contributed by atoms with van der Waals surface area (Å²) < 4.78 is 5.48. The van der Waals surface area contributed by atoms with Gasteiger partial charge in [-0.15, -0.1) is 12.4 Å². The molecule has 1 atom stereocenters. The summed E-state index contributed by atoms with van der Waals surface area (Å²) in [5.41, 5.74) is 5.71. The Labute approximate surface area is 130 Å². The van der Waals surface area contributed by atoms with E-state index in [1.165, 1.54) is 0 Å². The number of nitrogens with zero attached hydrogens (tertiary/aromatic N) is 1. The van der Waals surface area contributed by atoms with Gasteiger partial charge in [-0.3, -0.25) is 4.79 Å². The molecule has 0 saturated carbocycles. The van der Waals surface area contributed by atoms with E-state index in [-0.39, 0.29) is 31.0 Å². The molecule has 112 valence electrons. The molecule has 2 N–H and O–H groups in total. The molecule has 1 aliphatic rings. The number of rotatable bonds is 4. The van der Waals surface area contributed by atoms with Crippen LogP contribution in [0.15, 0.2) is 24.3 Å². The smallest absolute Gasteiger partial charge is 0.260 e. The Morgan fingerprint density at radius 1 is 1.35 bits per heavy atom. The van der Waals surface area contributed by atoms with E-state index in [0.717, 1.165) is 25.8 Å². The molecule has 1 aromatic rings. The summed E-state index contributed by atoms with van der Waals surface area (Å²) in [6, 6.07) is 7.16. The first-order chi connectivity index (χ1) is 9.20. The maximum absolute atomic E-state index is 12.1. The number of nitrogens with two attached hydrogens (primary N) is 1. The van der Waals surface area contributed by atoms with Gasteiger partial charge in [0.2, 0.25) is 0 Å². The Bertz CT molecular complexity index is 426. The second-order valence-electron chi connectivity index (χ2n) is 4.72. The Morgan fingerprint density at radius 2 is 2.05 bits per heavy atom. The molecular weight excluding hydrogens is 299 g/mol. The van der Waals surface area contributed by atoms with Crippen LogP contribution in [0.3, 0.4) is 0 Å². The minimum absolute atomic E-state index is 0. The van der Waals surface area contributed by atoms with Gasteiger partial charge in [-0.25, -0.2) is 0 Å². The average molecular weight is 319 g/mol. The summed E-state index contributed by atoms with van der Waals surface area (Å²) in [6.45, 7) is 1.36. The third-order valence-electron chi connectivity index (χ3n) is 3.40. The molecule has 0 spiro atoms. The van der Waals surface area contributed by atoms with Crippen molar-refractivity contribution in [3.8, 4) is 5.75 Å². The highest BCUT2D eigenvalue weighted by atomic mass is 35.5. The van der Waals surface area contributed by atoms with Gasteiger partial charge in [0.25, 0.3) is 5.91 Å².